The normalized spacial score (nSPS) is 16.3. The van der Waals surface area contributed by atoms with Crippen molar-refractivity contribution in [1.29, 1.82) is 0 Å². The van der Waals surface area contributed by atoms with Crippen molar-refractivity contribution in [2.24, 2.45) is 0 Å². The summed E-state index contributed by atoms with van der Waals surface area (Å²) in [6.45, 7) is 2.26. The summed E-state index contributed by atoms with van der Waals surface area (Å²) in [5.41, 5.74) is 2.34. The van der Waals surface area contributed by atoms with E-state index in [-0.39, 0.29) is 18.4 Å². The Morgan fingerprint density at radius 2 is 1.69 bits per heavy atom. The van der Waals surface area contributed by atoms with Crippen LogP contribution in [0.5, 0.6) is 0 Å². The number of hydrogen-bond donors (Lipinski definition) is 4. The molecule has 1 atom stereocenters. The Morgan fingerprint density at radius 3 is 2.41 bits per heavy atom. The average molecular weight is 536 g/mol. The monoisotopic (exact) mass is 535 g/mol. The number of likely N-dealkylation sites (tertiary alicyclic amines) is 1. The number of H-pyrrole nitrogens is 1. The number of fused-ring (bicyclic) bond motifs is 1. The smallest absolute Gasteiger partial charge is 0.240 e. The van der Waals surface area contributed by atoms with Gasteiger partial charge in [0.05, 0.1) is 12.6 Å². The topological polar surface area (TPSA) is 108 Å². The minimum Gasteiger partial charge on any atom is -0.361 e. The van der Waals surface area contributed by atoms with Crippen molar-refractivity contribution in [1.82, 2.24) is 25.8 Å². The van der Waals surface area contributed by atoms with E-state index in [1.807, 2.05) is 48.7 Å². The molecule has 2 heterocycles. The molecule has 210 valence electrons. The minimum atomic E-state index is -0.862. The summed E-state index contributed by atoms with van der Waals surface area (Å²) in [7, 11) is 5.13. The molecule has 0 radical (unpaired) electrons. The molecule has 0 spiro atoms. The molecule has 0 bridgehead atoms. The van der Waals surface area contributed by atoms with Crippen LogP contribution in [0.15, 0.2) is 60.8 Å². The number of piperidine rings is 1. The summed E-state index contributed by atoms with van der Waals surface area (Å²) in [5.74, 6) is -0.260. The summed E-state index contributed by atoms with van der Waals surface area (Å²) >= 11 is 0. The molecule has 1 aliphatic heterocycles. The van der Waals surface area contributed by atoms with Crippen LogP contribution in [0.4, 0.5) is 0 Å². The highest BCUT2D eigenvalue weighted by Crippen LogP contribution is 2.25. The molecule has 1 saturated heterocycles. The first-order valence-corrected chi connectivity index (χ1v) is 13.6. The van der Waals surface area contributed by atoms with Gasteiger partial charge in [-0.05, 0) is 49.9 Å². The predicted molar refractivity (Wildman–Crippen MR) is 152 cm³/mol. The maximum absolute atomic E-state index is 13.8. The Balaban J connectivity index is 1.54. The first-order chi connectivity index (χ1) is 18.9. The van der Waals surface area contributed by atoms with Gasteiger partial charge in [-0.1, -0.05) is 48.5 Å². The largest absolute Gasteiger partial charge is 0.361 e. The zero-order valence-electron chi connectivity index (χ0n) is 23.2. The van der Waals surface area contributed by atoms with Gasteiger partial charge in [-0.2, -0.15) is 0 Å². The zero-order valence-corrected chi connectivity index (χ0v) is 23.2. The van der Waals surface area contributed by atoms with Crippen LogP contribution in [0.3, 0.4) is 0 Å². The Bertz CT molecular complexity index is 1200. The quantitative estimate of drug-likeness (QED) is 0.250. The molecule has 1 aliphatic rings. The highest BCUT2D eigenvalue weighted by molar-refractivity contribution is 5.89. The summed E-state index contributed by atoms with van der Waals surface area (Å²) < 4.78 is 10.5. The number of para-hydroxylation sites is 1. The third-order valence-corrected chi connectivity index (χ3v) is 7.65. The van der Waals surface area contributed by atoms with Gasteiger partial charge in [0.2, 0.25) is 11.8 Å². The summed E-state index contributed by atoms with van der Waals surface area (Å²) in [6.07, 6.45) is 3.78. The van der Waals surface area contributed by atoms with Crippen LogP contribution in [-0.4, -0.2) is 87.0 Å². The van der Waals surface area contributed by atoms with E-state index in [1.54, 1.807) is 0 Å². The second-order valence-electron chi connectivity index (χ2n) is 10.3. The van der Waals surface area contributed by atoms with E-state index in [0.717, 1.165) is 36.0 Å². The molecule has 39 heavy (non-hydrogen) atoms. The van der Waals surface area contributed by atoms with E-state index in [2.05, 4.69) is 45.0 Å². The van der Waals surface area contributed by atoms with E-state index < -0.39 is 17.9 Å². The first kappa shape index (κ1) is 28.8. The number of methoxy groups -OCH3 is 2. The lowest BCUT2D eigenvalue weighted by atomic mass is 9.84. The third-order valence-electron chi connectivity index (χ3n) is 7.65. The van der Waals surface area contributed by atoms with E-state index in [1.165, 1.54) is 19.8 Å². The minimum absolute atomic E-state index is 0.0603. The van der Waals surface area contributed by atoms with Gasteiger partial charge >= 0.3 is 0 Å². The fourth-order valence-electron chi connectivity index (χ4n) is 5.20. The fraction of sp³-hybridized carbons (Fsp3) is 0.467. The SMILES string of the molecule is COC(CNC(=O)[C@H](Cc1c[nH]c2ccccc12)NC1(C(=O)NCCc2ccccc2)CCN(C)CC1)OC. The van der Waals surface area contributed by atoms with Crippen LogP contribution in [0.1, 0.15) is 24.0 Å². The lowest BCUT2D eigenvalue weighted by Crippen LogP contribution is -2.66. The van der Waals surface area contributed by atoms with Crippen LogP contribution in [0.2, 0.25) is 0 Å². The molecular formula is C30H41N5O4. The number of hydrogen-bond acceptors (Lipinski definition) is 6. The van der Waals surface area contributed by atoms with Gasteiger partial charge in [0.1, 0.15) is 5.54 Å². The van der Waals surface area contributed by atoms with Crippen molar-refractivity contribution in [2.45, 2.75) is 43.6 Å². The van der Waals surface area contributed by atoms with Crippen molar-refractivity contribution >= 4 is 22.7 Å². The van der Waals surface area contributed by atoms with E-state index in [4.69, 9.17) is 9.47 Å². The van der Waals surface area contributed by atoms with Crippen LogP contribution in [0.25, 0.3) is 10.9 Å². The lowest BCUT2D eigenvalue weighted by Gasteiger charge is -2.42. The summed E-state index contributed by atoms with van der Waals surface area (Å²) in [6, 6.07) is 17.5. The third kappa shape index (κ3) is 7.45. The Morgan fingerprint density at radius 1 is 1.00 bits per heavy atom. The number of carbonyl (C=O) groups is 2. The molecule has 4 N–H and O–H groups in total. The van der Waals surface area contributed by atoms with Crippen molar-refractivity contribution in [3.63, 3.8) is 0 Å². The maximum Gasteiger partial charge on any atom is 0.240 e. The summed E-state index contributed by atoms with van der Waals surface area (Å²) in [5, 5.41) is 10.7. The number of nitrogens with zero attached hydrogens (tertiary/aromatic N) is 1. The Hall–Kier alpha value is -3.24. The second kappa shape index (κ2) is 13.7. The average Bonchev–Trinajstić information content (AvgIpc) is 3.37. The number of rotatable bonds is 13. The highest BCUT2D eigenvalue weighted by Gasteiger charge is 2.43. The maximum atomic E-state index is 13.8. The number of carbonyl (C=O) groups excluding carboxylic acids is 2. The molecule has 9 heteroatoms. The molecule has 1 aromatic heterocycles. The van der Waals surface area contributed by atoms with E-state index in [9.17, 15) is 9.59 Å². The number of ether oxygens (including phenoxy) is 2. The van der Waals surface area contributed by atoms with Crippen LogP contribution in [0, 0.1) is 0 Å². The van der Waals surface area contributed by atoms with Crippen LogP contribution < -0.4 is 16.0 Å². The predicted octanol–water partition coefficient (Wildman–Crippen LogP) is 2.23. The van der Waals surface area contributed by atoms with Crippen molar-refractivity contribution in [2.75, 3.05) is 47.4 Å². The molecule has 2 aromatic carbocycles. The van der Waals surface area contributed by atoms with Crippen LogP contribution >= 0.6 is 0 Å². The first-order valence-electron chi connectivity index (χ1n) is 13.6. The lowest BCUT2D eigenvalue weighted by molar-refractivity contribution is -0.133. The van der Waals surface area contributed by atoms with Crippen molar-refractivity contribution < 1.29 is 19.1 Å². The molecule has 3 aromatic rings. The molecular weight excluding hydrogens is 494 g/mol. The molecule has 0 unspecified atom stereocenters. The van der Waals surface area contributed by atoms with Gasteiger partial charge in [0.15, 0.2) is 6.29 Å². The van der Waals surface area contributed by atoms with E-state index in [0.29, 0.717) is 25.8 Å². The Kier molecular flexibility index (Phi) is 10.1. The molecule has 0 saturated carbocycles. The number of aromatic amines is 1. The summed E-state index contributed by atoms with van der Waals surface area (Å²) in [4.78, 5) is 32.9. The van der Waals surface area contributed by atoms with Gasteiger partial charge < -0.3 is 30.0 Å². The standard InChI is InChI=1S/C30H41N5O4/c1-35-17-14-30(15-18-35,29(37)31-16-13-22-9-5-4-6-10-22)34-26(28(36)33-21-27(38-2)39-3)19-23-20-32-25-12-8-7-11-24(23)25/h4-12,20,26-27,32,34H,13-19,21H2,1-3H3,(H,31,37)(H,33,36)/t26-/m0/s1. The van der Waals surface area contributed by atoms with Crippen molar-refractivity contribution in [3.05, 3.63) is 71.9 Å². The second-order valence-corrected chi connectivity index (χ2v) is 10.3. The van der Waals surface area contributed by atoms with Crippen molar-refractivity contribution in [3.8, 4) is 0 Å². The van der Waals surface area contributed by atoms with Gasteiger partial charge in [-0.15, -0.1) is 0 Å². The van der Waals surface area contributed by atoms with Gasteiger partial charge in [0.25, 0.3) is 0 Å². The molecule has 1 fully saturated rings. The number of aromatic nitrogens is 1. The fourth-order valence-corrected chi connectivity index (χ4v) is 5.20. The van der Waals surface area contributed by atoms with Gasteiger partial charge in [0, 0.05) is 51.0 Å². The molecule has 4 rings (SSSR count). The highest BCUT2D eigenvalue weighted by atomic mass is 16.7. The molecule has 0 aliphatic carbocycles. The molecule has 9 nitrogen and oxygen atoms in total. The number of benzene rings is 2. The van der Waals surface area contributed by atoms with Gasteiger partial charge in [-0.25, -0.2) is 0 Å². The van der Waals surface area contributed by atoms with Gasteiger partial charge in [-0.3, -0.25) is 14.9 Å². The number of amides is 2. The molecule has 2 amide bonds. The number of nitrogens with one attached hydrogen (secondary N) is 4. The van der Waals surface area contributed by atoms with Crippen LogP contribution in [-0.2, 0) is 31.9 Å². The van der Waals surface area contributed by atoms with E-state index >= 15 is 0 Å². The Labute approximate surface area is 230 Å². The zero-order chi connectivity index (χ0) is 27.7.